The predicted octanol–water partition coefficient (Wildman–Crippen LogP) is 1.52. The first-order chi connectivity index (χ1) is 11.0. The summed E-state index contributed by atoms with van der Waals surface area (Å²) in [5, 5.41) is 12.1. The molecule has 7 heteroatoms. The molecular weight excluding hydrogens is 302 g/mol. The number of rotatable bonds is 5. The summed E-state index contributed by atoms with van der Waals surface area (Å²) in [7, 11) is 3.04. The number of carboxylic acid groups (broad SMARTS) is 1. The van der Waals surface area contributed by atoms with Gasteiger partial charge in [0, 0.05) is 23.9 Å². The maximum Gasteiger partial charge on any atom is 0.310 e. The molecule has 2 aliphatic heterocycles. The van der Waals surface area contributed by atoms with E-state index in [2.05, 4.69) is 5.32 Å². The van der Waals surface area contributed by atoms with E-state index in [4.69, 9.17) is 14.2 Å². The van der Waals surface area contributed by atoms with E-state index in [9.17, 15) is 14.7 Å². The van der Waals surface area contributed by atoms with Crippen molar-refractivity contribution in [1.82, 2.24) is 0 Å². The Balaban J connectivity index is 1.80. The zero-order chi connectivity index (χ0) is 16.6. The van der Waals surface area contributed by atoms with Crippen LogP contribution in [0.2, 0.25) is 0 Å². The first kappa shape index (κ1) is 15.6. The van der Waals surface area contributed by atoms with Gasteiger partial charge in [0.05, 0.1) is 38.3 Å². The van der Waals surface area contributed by atoms with Gasteiger partial charge in [-0.05, 0) is 12.8 Å². The van der Waals surface area contributed by atoms with E-state index in [-0.39, 0.29) is 18.1 Å². The van der Waals surface area contributed by atoms with Gasteiger partial charge >= 0.3 is 5.97 Å². The molecule has 0 radical (unpaired) electrons. The number of carboxylic acids is 1. The van der Waals surface area contributed by atoms with Crippen molar-refractivity contribution < 1.29 is 28.9 Å². The van der Waals surface area contributed by atoms with Gasteiger partial charge in [-0.25, -0.2) is 0 Å². The Morgan fingerprint density at radius 2 is 1.65 bits per heavy atom. The van der Waals surface area contributed by atoms with E-state index in [1.807, 2.05) is 0 Å². The first-order valence-electron chi connectivity index (χ1n) is 7.45. The van der Waals surface area contributed by atoms with Crippen LogP contribution in [0.3, 0.4) is 0 Å². The van der Waals surface area contributed by atoms with E-state index in [0.29, 0.717) is 30.0 Å². The van der Waals surface area contributed by atoms with Crippen molar-refractivity contribution in [2.45, 2.75) is 25.0 Å². The lowest BCUT2D eigenvalue weighted by Gasteiger charge is -2.24. The van der Waals surface area contributed by atoms with Gasteiger partial charge in [0.15, 0.2) is 0 Å². The van der Waals surface area contributed by atoms with Crippen LogP contribution in [0.1, 0.15) is 12.8 Å². The van der Waals surface area contributed by atoms with Gasteiger partial charge in [-0.2, -0.15) is 0 Å². The van der Waals surface area contributed by atoms with Crippen molar-refractivity contribution in [3.8, 4) is 11.5 Å². The quantitative estimate of drug-likeness (QED) is 0.854. The molecule has 2 heterocycles. The third-order valence-electron chi connectivity index (χ3n) is 4.48. The fraction of sp³-hybridized carbons (Fsp3) is 0.500. The Morgan fingerprint density at radius 3 is 2.17 bits per heavy atom. The van der Waals surface area contributed by atoms with Gasteiger partial charge in [0.2, 0.25) is 5.91 Å². The fourth-order valence-corrected chi connectivity index (χ4v) is 3.43. The molecule has 1 amide bonds. The summed E-state index contributed by atoms with van der Waals surface area (Å²) in [4.78, 5) is 24.0. The third-order valence-corrected chi connectivity index (χ3v) is 4.48. The van der Waals surface area contributed by atoms with Crippen molar-refractivity contribution in [3.63, 3.8) is 0 Å². The van der Waals surface area contributed by atoms with Crippen molar-refractivity contribution >= 4 is 17.6 Å². The van der Waals surface area contributed by atoms with E-state index in [1.54, 1.807) is 18.2 Å². The smallest absolute Gasteiger partial charge is 0.310 e. The first-order valence-corrected chi connectivity index (χ1v) is 7.45. The van der Waals surface area contributed by atoms with Gasteiger partial charge in [-0.3, -0.25) is 9.59 Å². The highest BCUT2D eigenvalue weighted by atomic mass is 16.5. The van der Waals surface area contributed by atoms with Crippen LogP contribution in [0.4, 0.5) is 5.69 Å². The second-order valence-corrected chi connectivity index (χ2v) is 5.77. The minimum atomic E-state index is -0.986. The summed E-state index contributed by atoms with van der Waals surface area (Å²) in [6.07, 6.45) is 0.716. The SMILES string of the molecule is COc1cc(NC(=O)[C@@H]2[C@@H](C(=O)O)[C@H]3CC[C@H]2O3)cc(OC)c1. The highest BCUT2D eigenvalue weighted by molar-refractivity contribution is 5.96. The third kappa shape index (κ3) is 2.84. The zero-order valence-electron chi connectivity index (χ0n) is 12.9. The summed E-state index contributed by atoms with van der Waals surface area (Å²) in [5.41, 5.74) is 0.498. The van der Waals surface area contributed by atoms with Crippen LogP contribution in [0, 0.1) is 11.8 Å². The average Bonchev–Trinajstić information content (AvgIpc) is 3.15. The minimum absolute atomic E-state index is 0.325. The summed E-state index contributed by atoms with van der Waals surface area (Å²) in [6.45, 7) is 0. The zero-order valence-corrected chi connectivity index (χ0v) is 12.9. The highest BCUT2D eigenvalue weighted by Gasteiger charge is 2.55. The summed E-state index contributed by atoms with van der Waals surface area (Å²) in [5.74, 6) is -1.72. The summed E-state index contributed by atoms with van der Waals surface area (Å²) in [6, 6.07) is 5.00. The maximum absolute atomic E-state index is 12.6. The normalized spacial score (nSPS) is 28.4. The number of anilines is 1. The van der Waals surface area contributed by atoms with Gasteiger partial charge in [-0.1, -0.05) is 0 Å². The lowest BCUT2D eigenvalue weighted by molar-refractivity contribution is -0.147. The Bertz CT molecular complexity index is 609. The van der Waals surface area contributed by atoms with Crippen LogP contribution in [0.25, 0.3) is 0 Å². The molecule has 0 spiro atoms. The fourth-order valence-electron chi connectivity index (χ4n) is 3.43. The minimum Gasteiger partial charge on any atom is -0.497 e. The van der Waals surface area contributed by atoms with Crippen LogP contribution >= 0.6 is 0 Å². The summed E-state index contributed by atoms with van der Waals surface area (Å²) < 4.78 is 15.9. The highest BCUT2D eigenvalue weighted by Crippen LogP contribution is 2.44. The van der Waals surface area contributed by atoms with E-state index >= 15 is 0 Å². The lowest BCUT2D eigenvalue weighted by Crippen LogP contribution is -2.40. The number of methoxy groups -OCH3 is 2. The molecule has 2 fully saturated rings. The Morgan fingerprint density at radius 1 is 1.09 bits per heavy atom. The van der Waals surface area contributed by atoms with E-state index < -0.39 is 17.8 Å². The molecule has 4 atom stereocenters. The number of nitrogens with one attached hydrogen (secondary N) is 1. The second-order valence-electron chi connectivity index (χ2n) is 5.77. The number of carbonyl (C=O) groups excluding carboxylic acids is 1. The molecule has 2 aliphatic rings. The topological polar surface area (TPSA) is 94.1 Å². The molecule has 2 bridgehead atoms. The van der Waals surface area contributed by atoms with Gasteiger partial charge in [0.25, 0.3) is 0 Å². The van der Waals surface area contributed by atoms with Crippen molar-refractivity contribution in [1.29, 1.82) is 0 Å². The van der Waals surface area contributed by atoms with Gasteiger partial charge < -0.3 is 24.6 Å². The van der Waals surface area contributed by atoms with Crippen LogP contribution in [0.15, 0.2) is 18.2 Å². The molecule has 2 saturated heterocycles. The van der Waals surface area contributed by atoms with Crippen LogP contribution < -0.4 is 14.8 Å². The molecular formula is C16H19NO6. The Kier molecular flexibility index (Phi) is 4.12. The molecule has 3 rings (SSSR count). The number of aliphatic carboxylic acids is 1. The van der Waals surface area contributed by atoms with Crippen LogP contribution in [-0.2, 0) is 14.3 Å². The molecule has 2 N–H and O–H groups in total. The van der Waals surface area contributed by atoms with Crippen molar-refractivity contribution in [2.75, 3.05) is 19.5 Å². The van der Waals surface area contributed by atoms with Crippen LogP contribution in [-0.4, -0.2) is 43.4 Å². The van der Waals surface area contributed by atoms with Crippen molar-refractivity contribution in [2.24, 2.45) is 11.8 Å². The van der Waals surface area contributed by atoms with Gasteiger partial charge in [-0.15, -0.1) is 0 Å². The predicted molar refractivity (Wildman–Crippen MR) is 80.7 cm³/mol. The number of hydrogen-bond acceptors (Lipinski definition) is 5. The van der Waals surface area contributed by atoms with Crippen LogP contribution in [0.5, 0.6) is 11.5 Å². The number of ether oxygens (including phenoxy) is 3. The standard InChI is InChI=1S/C16H19NO6/c1-21-9-5-8(6-10(7-9)22-2)17-15(18)13-11-3-4-12(23-11)14(13)16(19)20/h5-7,11-14H,3-4H2,1-2H3,(H,17,18)(H,19,20)/t11-,12-,13+,14+/m1/s1. The molecule has 0 saturated carbocycles. The summed E-state index contributed by atoms with van der Waals surface area (Å²) >= 11 is 0. The average molecular weight is 321 g/mol. The van der Waals surface area contributed by atoms with Crippen molar-refractivity contribution in [3.05, 3.63) is 18.2 Å². The maximum atomic E-state index is 12.6. The molecule has 7 nitrogen and oxygen atoms in total. The monoisotopic (exact) mass is 321 g/mol. The van der Waals surface area contributed by atoms with E-state index in [1.165, 1.54) is 14.2 Å². The molecule has 1 aromatic carbocycles. The van der Waals surface area contributed by atoms with E-state index in [0.717, 1.165) is 0 Å². The molecule has 1 aromatic rings. The second kappa shape index (κ2) is 6.08. The number of fused-ring (bicyclic) bond motifs is 2. The molecule has 23 heavy (non-hydrogen) atoms. The molecule has 0 unspecified atom stereocenters. The number of hydrogen-bond donors (Lipinski definition) is 2. The van der Waals surface area contributed by atoms with Gasteiger partial charge in [0.1, 0.15) is 11.5 Å². The molecule has 0 aromatic heterocycles. The largest absolute Gasteiger partial charge is 0.497 e. The molecule has 0 aliphatic carbocycles. The Hall–Kier alpha value is -2.28. The molecule has 124 valence electrons. The number of carbonyl (C=O) groups is 2. The lowest BCUT2D eigenvalue weighted by atomic mass is 9.78. The number of benzene rings is 1. The number of amides is 1. The Labute approximate surface area is 133 Å².